The number of nitrogens with zero attached hydrogens (tertiary/aromatic N) is 4. The van der Waals surface area contributed by atoms with E-state index in [1.165, 1.54) is 36.4 Å². The first kappa shape index (κ1) is 25.5. The topological polar surface area (TPSA) is 144 Å². The van der Waals surface area contributed by atoms with Gasteiger partial charge in [-0.3, -0.25) is 4.55 Å². The molecular formula is C23H18N4NaO5S. The van der Waals surface area contributed by atoms with E-state index in [9.17, 15) is 18.6 Å². The van der Waals surface area contributed by atoms with E-state index < -0.39 is 10.1 Å². The fraction of sp³-hybridized carbons (Fsp3) is 0.0435. The van der Waals surface area contributed by atoms with Crippen molar-refractivity contribution in [3.8, 4) is 11.5 Å². The van der Waals surface area contributed by atoms with Crippen LogP contribution in [0.4, 0.5) is 22.7 Å². The Bertz CT molecular complexity index is 1520. The third kappa shape index (κ3) is 5.66. The molecule has 0 aliphatic heterocycles. The number of aromatic hydroxyl groups is 2. The third-order valence-corrected chi connectivity index (χ3v) is 5.71. The van der Waals surface area contributed by atoms with Crippen LogP contribution in [-0.4, -0.2) is 52.7 Å². The van der Waals surface area contributed by atoms with Gasteiger partial charge < -0.3 is 10.2 Å². The Morgan fingerprint density at radius 3 is 2.12 bits per heavy atom. The summed E-state index contributed by atoms with van der Waals surface area (Å²) in [5.41, 5.74) is 1.87. The Hall–Kier alpha value is -3.15. The summed E-state index contributed by atoms with van der Waals surface area (Å²) in [7, 11) is -4.28. The Balaban J connectivity index is 0.00000324. The number of phenols is 2. The van der Waals surface area contributed by atoms with Gasteiger partial charge in [0, 0.05) is 41.0 Å². The SMILES string of the molecule is Cc1cc(N=Nc2c(O)ccc3ccccc23)c(O)cc1N=Nc1ccc(S(=O)(=O)O)cc1.[Na]. The fourth-order valence-electron chi connectivity index (χ4n) is 3.11. The van der Waals surface area contributed by atoms with Crippen LogP contribution >= 0.6 is 0 Å². The second kappa shape index (κ2) is 10.4. The average Bonchev–Trinajstić information content (AvgIpc) is 2.79. The molecule has 4 rings (SSSR count). The number of phenolic OH excluding ortho intramolecular Hbond substituents is 2. The molecule has 0 amide bonds. The number of hydrogen-bond donors (Lipinski definition) is 3. The van der Waals surface area contributed by atoms with Crippen molar-refractivity contribution >= 4 is 73.2 Å². The van der Waals surface area contributed by atoms with Crippen molar-refractivity contribution in [3.05, 3.63) is 78.4 Å². The molecule has 0 fully saturated rings. The summed E-state index contributed by atoms with van der Waals surface area (Å²) in [5, 5.41) is 38.6. The Morgan fingerprint density at radius 1 is 0.735 bits per heavy atom. The average molecular weight is 485 g/mol. The number of benzene rings is 4. The second-order valence-corrected chi connectivity index (χ2v) is 8.57. The second-order valence-electron chi connectivity index (χ2n) is 7.15. The van der Waals surface area contributed by atoms with Crippen LogP contribution < -0.4 is 0 Å². The molecule has 0 saturated carbocycles. The normalized spacial score (nSPS) is 11.8. The molecule has 0 heterocycles. The molecule has 4 aromatic rings. The van der Waals surface area contributed by atoms with E-state index in [0.29, 0.717) is 22.6 Å². The molecular weight excluding hydrogens is 467 g/mol. The maximum absolute atomic E-state index is 11.1. The molecule has 3 N–H and O–H groups in total. The Labute approximate surface area is 217 Å². The molecule has 34 heavy (non-hydrogen) atoms. The van der Waals surface area contributed by atoms with Crippen molar-refractivity contribution in [2.24, 2.45) is 20.5 Å². The van der Waals surface area contributed by atoms with Crippen molar-refractivity contribution in [2.45, 2.75) is 11.8 Å². The third-order valence-electron chi connectivity index (χ3n) is 4.84. The first-order chi connectivity index (χ1) is 15.7. The van der Waals surface area contributed by atoms with E-state index in [1.54, 1.807) is 19.1 Å². The van der Waals surface area contributed by atoms with E-state index in [2.05, 4.69) is 20.5 Å². The smallest absolute Gasteiger partial charge is 0.294 e. The van der Waals surface area contributed by atoms with E-state index in [4.69, 9.17) is 4.55 Å². The maximum atomic E-state index is 11.1. The van der Waals surface area contributed by atoms with Gasteiger partial charge in [0.25, 0.3) is 10.1 Å². The molecule has 4 aromatic carbocycles. The predicted octanol–water partition coefficient (Wildman–Crippen LogP) is 6.26. The van der Waals surface area contributed by atoms with E-state index in [0.717, 1.165) is 10.8 Å². The zero-order valence-corrected chi connectivity index (χ0v) is 21.1. The van der Waals surface area contributed by atoms with Crippen molar-refractivity contribution in [1.29, 1.82) is 0 Å². The van der Waals surface area contributed by atoms with Gasteiger partial charge in [0.15, 0.2) is 0 Å². The predicted molar refractivity (Wildman–Crippen MR) is 129 cm³/mol. The van der Waals surface area contributed by atoms with Crippen LogP contribution in [0.2, 0.25) is 0 Å². The molecule has 11 heteroatoms. The van der Waals surface area contributed by atoms with Gasteiger partial charge in [-0.15, -0.1) is 10.2 Å². The number of fused-ring (bicyclic) bond motifs is 1. The number of hydrogen-bond acceptors (Lipinski definition) is 8. The van der Waals surface area contributed by atoms with Crippen molar-refractivity contribution in [3.63, 3.8) is 0 Å². The van der Waals surface area contributed by atoms with Gasteiger partial charge in [0.1, 0.15) is 22.9 Å². The molecule has 0 atom stereocenters. The van der Waals surface area contributed by atoms with E-state index >= 15 is 0 Å². The molecule has 167 valence electrons. The van der Waals surface area contributed by atoms with Crippen LogP contribution in [0.3, 0.4) is 0 Å². The number of azo groups is 2. The summed E-state index contributed by atoms with van der Waals surface area (Å²) >= 11 is 0. The summed E-state index contributed by atoms with van der Waals surface area (Å²) in [5.74, 6) is -0.209. The minimum absolute atomic E-state index is 0. The molecule has 0 aliphatic carbocycles. The molecule has 0 saturated heterocycles. The summed E-state index contributed by atoms with van der Waals surface area (Å²) < 4.78 is 31.2. The monoisotopic (exact) mass is 485 g/mol. The van der Waals surface area contributed by atoms with Gasteiger partial charge in [-0.25, -0.2) is 0 Å². The number of aryl methyl sites for hydroxylation is 1. The van der Waals surface area contributed by atoms with Crippen LogP contribution in [-0.2, 0) is 10.1 Å². The summed E-state index contributed by atoms with van der Waals surface area (Å²) in [6.07, 6.45) is 0. The standard InChI is InChI=1S/C23H18N4O5S.Na/c1-14-12-20(26-27-23-18-5-3-2-4-15(18)6-11-21(23)28)22(29)13-19(14)25-24-16-7-9-17(10-8-16)33(30,31)32;/h2-13,28-29H,1H3,(H,30,31,32);. The van der Waals surface area contributed by atoms with Crippen molar-refractivity contribution < 1.29 is 23.2 Å². The van der Waals surface area contributed by atoms with Crippen LogP contribution in [0.15, 0.2) is 98.1 Å². The van der Waals surface area contributed by atoms with Crippen LogP contribution in [0.5, 0.6) is 11.5 Å². The summed E-state index contributed by atoms with van der Waals surface area (Å²) in [6, 6.07) is 18.9. The largest absolute Gasteiger partial charge is 0.506 e. The van der Waals surface area contributed by atoms with E-state index in [1.807, 2.05) is 24.3 Å². The summed E-state index contributed by atoms with van der Waals surface area (Å²) in [6.45, 7) is 1.75. The van der Waals surface area contributed by atoms with Gasteiger partial charge in [-0.2, -0.15) is 18.6 Å². The Kier molecular flexibility index (Phi) is 7.80. The molecule has 9 nitrogen and oxygen atoms in total. The molecule has 0 aromatic heterocycles. The first-order valence-electron chi connectivity index (χ1n) is 9.68. The first-order valence-corrected chi connectivity index (χ1v) is 11.1. The van der Waals surface area contributed by atoms with Gasteiger partial charge in [0.05, 0.1) is 16.3 Å². The summed E-state index contributed by atoms with van der Waals surface area (Å²) in [4.78, 5) is -0.248. The maximum Gasteiger partial charge on any atom is 0.294 e. The Morgan fingerprint density at radius 2 is 1.41 bits per heavy atom. The number of rotatable bonds is 5. The van der Waals surface area contributed by atoms with Crippen molar-refractivity contribution in [2.75, 3.05) is 0 Å². The molecule has 0 bridgehead atoms. The van der Waals surface area contributed by atoms with Gasteiger partial charge in [-0.05, 0) is 54.3 Å². The van der Waals surface area contributed by atoms with Crippen molar-refractivity contribution in [1.82, 2.24) is 0 Å². The quantitative estimate of drug-likeness (QED) is 0.174. The van der Waals surface area contributed by atoms with Gasteiger partial charge in [0.2, 0.25) is 0 Å². The van der Waals surface area contributed by atoms with Gasteiger partial charge in [-0.1, -0.05) is 30.3 Å². The fourth-order valence-corrected chi connectivity index (χ4v) is 3.59. The van der Waals surface area contributed by atoms with E-state index in [-0.39, 0.29) is 51.6 Å². The minimum Gasteiger partial charge on any atom is -0.506 e. The molecule has 1 radical (unpaired) electrons. The molecule has 0 aliphatic rings. The van der Waals surface area contributed by atoms with Gasteiger partial charge >= 0.3 is 0 Å². The minimum atomic E-state index is -4.28. The van der Waals surface area contributed by atoms with Crippen LogP contribution in [0.1, 0.15) is 5.56 Å². The van der Waals surface area contributed by atoms with Crippen LogP contribution in [0, 0.1) is 6.92 Å². The molecule has 0 unspecified atom stereocenters. The molecule has 0 spiro atoms. The zero-order chi connectivity index (χ0) is 23.6. The van der Waals surface area contributed by atoms with Crippen LogP contribution in [0.25, 0.3) is 10.8 Å². The zero-order valence-electron chi connectivity index (χ0n) is 18.3.